The molecule has 1 aromatic heterocycles. The smallest absolute Gasteiger partial charge is 0.323 e. The summed E-state index contributed by atoms with van der Waals surface area (Å²) in [5.41, 5.74) is 0.672. The number of carbonyl (C=O) groups is 2. The van der Waals surface area contributed by atoms with E-state index in [4.69, 9.17) is 9.63 Å². The quantitative estimate of drug-likeness (QED) is 0.884. The molecule has 0 aliphatic rings. The van der Waals surface area contributed by atoms with Gasteiger partial charge < -0.3 is 14.5 Å². The number of nitrogens with zero attached hydrogens (tertiary/aromatic N) is 2. The molecule has 0 spiro atoms. The molecular weight excluding hydrogens is 303 g/mol. The minimum atomic E-state index is -1.15. The summed E-state index contributed by atoms with van der Waals surface area (Å²) >= 11 is 0. The number of carbonyl (C=O) groups excluding carboxylic acids is 1. The lowest BCUT2D eigenvalue weighted by Gasteiger charge is -2.19. The van der Waals surface area contributed by atoms with Gasteiger partial charge in [0, 0.05) is 18.5 Å². The van der Waals surface area contributed by atoms with Gasteiger partial charge in [-0.05, 0) is 17.7 Å². The molecule has 7 heteroatoms. The Bertz CT molecular complexity index is 694. The maximum absolute atomic E-state index is 12.9. The van der Waals surface area contributed by atoms with Crippen LogP contribution in [0.1, 0.15) is 41.6 Å². The lowest BCUT2D eigenvalue weighted by atomic mass is 10.1. The molecule has 1 aromatic carbocycles. The molecule has 1 N–H and O–H groups in total. The van der Waals surface area contributed by atoms with E-state index in [1.807, 2.05) is 13.8 Å². The number of aliphatic carboxylic acids is 1. The molecule has 0 saturated heterocycles. The highest BCUT2D eigenvalue weighted by atomic mass is 19.1. The van der Waals surface area contributed by atoms with Crippen molar-refractivity contribution >= 4 is 11.9 Å². The predicted molar refractivity (Wildman–Crippen MR) is 79.4 cm³/mol. The summed E-state index contributed by atoms with van der Waals surface area (Å²) in [6.45, 7) is 3.33. The molecule has 0 bridgehead atoms. The van der Waals surface area contributed by atoms with Crippen LogP contribution in [0.4, 0.5) is 4.39 Å². The molecule has 2 aromatic rings. The Morgan fingerprint density at radius 3 is 2.48 bits per heavy atom. The van der Waals surface area contributed by atoms with Crippen LogP contribution in [0.25, 0.3) is 0 Å². The molecule has 0 unspecified atom stereocenters. The predicted octanol–water partition coefficient (Wildman–Crippen LogP) is 2.66. The molecule has 0 saturated carbocycles. The van der Waals surface area contributed by atoms with Gasteiger partial charge in [-0.25, -0.2) is 4.39 Å². The third-order valence-electron chi connectivity index (χ3n) is 3.22. The van der Waals surface area contributed by atoms with Crippen molar-refractivity contribution in [3.63, 3.8) is 0 Å². The van der Waals surface area contributed by atoms with Crippen molar-refractivity contribution in [1.82, 2.24) is 10.1 Å². The number of hydrogen-bond acceptors (Lipinski definition) is 4. The van der Waals surface area contributed by atoms with E-state index in [-0.39, 0.29) is 18.2 Å². The Morgan fingerprint density at radius 2 is 1.96 bits per heavy atom. The molecule has 122 valence electrons. The first-order valence-corrected chi connectivity index (χ1v) is 7.09. The lowest BCUT2D eigenvalue weighted by molar-refractivity contribution is -0.137. The molecule has 0 radical (unpaired) electrons. The Kier molecular flexibility index (Phi) is 5.10. The van der Waals surface area contributed by atoms with E-state index in [0.29, 0.717) is 11.3 Å². The number of carboxylic acid groups (broad SMARTS) is 1. The van der Waals surface area contributed by atoms with Crippen molar-refractivity contribution < 1.29 is 23.6 Å². The molecule has 23 heavy (non-hydrogen) atoms. The van der Waals surface area contributed by atoms with Gasteiger partial charge in [0.15, 0.2) is 5.69 Å². The van der Waals surface area contributed by atoms with Crippen LogP contribution in [0.3, 0.4) is 0 Å². The van der Waals surface area contributed by atoms with Crippen LogP contribution in [0.2, 0.25) is 0 Å². The van der Waals surface area contributed by atoms with Crippen LogP contribution in [0.5, 0.6) is 0 Å². The van der Waals surface area contributed by atoms with Gasteiger partial charge >= 0.3 is 5.97 Å². The Morgan fingerprint density at radius 1 is 1.30 bits per heavy atom. The van der Waals surface area contributed by atoms with Gasteiger partial charge in [-0.15, -0.1) is 0 Å². The molecule has 0 aliphatic heterocycles. The Hall–Kier alpha value is -2.70. The van der Waals surface area contributed by atoms with Gasteiger partial charge in [0.25, 0.3) is 5.91 Å². The first kappa shape index (κ1) is 16.7. The van der Waals surface area contributed by atoms with Crippen molar-refractivity contribution in [1.29, 1.82) is 0 Å². The number of carboxylic acids is 1. The zero-order valence-corrected chi connectivity index (χ0v) is 12.8. The summed E-state index contributed by atoms with van der Waals surface area (Å²) in [5.74, 6) is -1.48. The fourth-order valence-corrected chi connectivity index (χ4v) is 2.00. The second-order valence-electron chi connectivity index (χ2n) is 5.45. The fraction of sp³-hybridized carbons (Fsp3) is 0.312. The summed E-state index contributed by atoms with van der Waals surface area (Å²) < 4.78 is 18.0. The van der Waals surface area contributed by atoms with Gasteiger partial charge in [0.2, 0.25) is 0 Å². The molecule has 1 amide bonds. The SMILES string of the molecule is CC(C)c1cc(C(=O)N(CC(=O)O)Cc2ccc(F)cc2)no1. The van der Waals surface area contributed by atoms with Crippen LogP contribution in [-0.2, 0) is 11.3 Å². The highest BCUT2D eigenvalue weighted by Gasteiger charge is 2.23. The molecule has 0 fully saturated rings. The van der Waals surface area contributed by atoms with E-state index in [2.05, 4.69) is 5.16 Å². The first-order chi connectivity index (χ1) is 10.9. The summed E-state index contributed by atoms with van der Waals surface area (Å²) in [6.07, 6.45) is 0. The van der Waals surface area contributed by atoms with Gasteiger partial charge in [0.1, 0.15) is 18.1 Å². The third-order valence-corrected chi connectivity index (χ3v) is 3.22. The van der Waals surface area contributed by atoms with E-state index in [1.54, 1.807) is 0 Å². The summed E-state index contributed by atoms with van der Waals surface area (Å²) in [6, 6.07) is 7.02. The number of benzene rings is 1. The topological polar surface area (TPSA) is 83.6 Å². The molecule has 1 heterocycles. The highest BCUT2D eigenvalue weighted by molar-refractivity contribution is 5.94. The summed E-state index contributed by atoms with van der Waals surface area (Å²) in [4.78, 5) is 24.6. The van der Waals surface area contributed by atoms with Gasteiger partial charge in [-0.1, -0.05) is 31.1 Å². The zero-order chi connectivity index (χ0) is 17.0. The standard InChI is InChI=1S/C16H17FN2O4/c1-10(2)14-7-13(18-23-14)16(22)19(9-15(20)21)8-11-3-5-12(17)6-4-11/h3-7,10H,8-9H2,1-2H3,(H,20,21). The Balaban J connectivity index is 2.20. The molecular formula is C16H17FN2O4. The van der Waals surface area contributed by atoms with Crippen LogP contribution in [-0.4, -0.2) is 33.6 Å². The van der Waals surface area contributed by atoms with Crippen molar-refractivity contribution in [3.8, 4) is 0 Å². The zero-order valence-electron chi connectivity index (χ0n) is 12.8. The average Bonchev–Trinajstić information content (AvgIpc) is 2.97. The maximum Gasteiger partial charge on any atom is 0.323 e. The largest absolute Gasteiger partial charge is 0.480 e. The third kappa shape index (κ3) is 4.38. The van der Waals surface area contributed by atoms with Crippen molar-refractivity contribution in [2.75, 3.05) is 6.54 Å². The summed E-state index contributed by atoms with van der Waals surface area (Å²) in [5, 5.41) is 12.7. The van der Waals surface area contributed by atoms with Crippen LogP contribution in [0.15, 0.2) is 34.9 Å². The fourth-order valence-electron chi connectivity index (χ4n) is 2.00. The first-order valence-electron chi connectivity index (χ1n) is 7.09. The van der Waals surface area contributed by atoms with E-state index < -0.39 is 24.2 Å². The number of hydrogen-bond donors (Lipinski definition) is 1. The van der Waals surface area contributed by atoms with Crippen molar-refractivity contribution in [2.45, 2.75) is 26.3 Å². The van der Waals surface area contributed by atoms with Crippen LogP contribution in [0, 0.1) is 5.82 Å². The van der Waals surface area contributed by atoms with Gasteiger partial charge in [-0.3, -0.25) is 9.59 Å². The molecule has 6 nitrogen and oxygen atoms in total. The molecule has 0 atom stereocenters. The van der Waals surface area contributed by atoms with Crippen molar-refractivity contribution in [3.05, 3.63) is 53.2 Å². The van der Waals surface area contributed by atoms with E-state index in [0.717, 1.165) is 4.90 Å². The normalized spacial score (nSPS) is 10.8. The Labute approximate surface area is 132 Å². The minimum Gasteiger partial charge on any atom is -0.480 e. The minimum absolute atomic E-state index is 0.0370. The van der Waals surface area contributed by atoms with E-state index in [9.17, 15) is 14.0 Å². The number of halogens is 1. The monoisotopic (exact) mass is 320 g/mol. The van der Waals surface area contributed by atoms with Gasteiger partial charge in [0.05, 0.1) is 0 Å². The number of amides is 1. The number of rotatable bonds is 6. The second-order valence-corrected chi connectivity index (χ2v) is 5.45. The molecule has 2 rings (SSSR count). The van der Waals surface area contributed by atoms with Crippen LogP contribution >= 0.6 is 0 Å². The molecule has 0 aliphatic carbocycles. The van der Waals surface area contributed by atoms with Gasteiger partial charge in [-0.2, -0.15) is 0 Å². The van der Waals surface area contributed by atoms with E-state index in [1.165, 1.54) is 30.3 Å². The second kappa shape index (κ2) is 7.04. The lowest BCUT2D eigenvalue weighted by Crippen LogP contribution is -2.35. The summed E-state index contributed by atoms with van der Waals surface area (Å²) in [7, 11) is 0. The van der Waals surface area contributed by atoms with Crippen molar-refractivity contribution in [2.24, 2.45) is 0 Å². The van der Waals surface area contributed by atoms with Crippen LogP contribution < -0.4 is 0 Å². The average molecular weight is 320 g/mol. The maximum atomic E-state index is 12.9. The highest BCUT2D eigenvalue weighted by Crippen LogP contribution is 2.17. The van der Waals surface area contributed by atoms with E-state index >= 15 is 0 Å². The number of aromatic nitrogens is 1.